The largest absolute Gasteiger partial charge is 0.385 e. The van der Waals surface area contributed by atoms with Gasteiger partial charge in [0.1, 0.15) is 6.10 Å². The first-order valence-electron chi connectivity index (χ1n) is 5.99. The summed E-state index contributed by atoms with van der Waals surface area (Å²) in [6.07, 6.45) is 4.22. The third-order valence-electron chi connectivity index (χ3n) is 3.44. The van der Waals surface area contributed by atoms with Crippen LogP contribution < -0.4 is 11.5 Å². The zero-order valence-corrected chi connectivity index (χ0v) is 9.54. The fraction of sp³-hybridized carbons (Fsp3) is 1.00. The van der Waals surface area contributed by atoms with Gasteiger partial charge in [0.25, 0.3) is 5.92 Å². The summed E-state index contributed by atoms with van der Waals surface area (Å²) in [4.78, 5) is 0. The van der Waals surface area contributed by atoms with Gasteiger partial charge in [-0.25, -0.2) is 8.78 Å². The molecule has 0 aromatic carbocycles. The van der Waals surface area contributed by atoms with E-state index in [1.807, 2.05) is 0 Å². The van der Waals surface area contributed by atoms with Crippen LogP contribution in [0.1, 0.15) is 38.5 Å². The fourth-order valence-corrected chi connectivity index (χ4v) is 2.37. The molecule has 1 saturated carbocycles. The monoisotopic (exact) mass is 236 g/mol. The van der Waals surface area contributed by atoms with Gasteiger partial charge in [-0.15, -0.1) is 0 Å². The lowest BCUT2D eigenvalue weighted by Gasteiger charge is -2.30. The van der Waals surface area contributed by atoms with Crippen molar-refractivity contribution in [3.8, 4) is 0 Å². The highest BCUT2D eigenvalue weighted by Crippen LogP contribution is 2.29. The molecule has 3 nitrogen and oxygen atoms in total. The van der Waals surface area contributed by atoms with Crippen molar-refractivity contribution in [3.05, 3.63) is 0 Å². The Morgan fingerprint density at radius 2 is 1.81 bits per heavy atom. The molecular formula is C11H22F2N2O. The summed E-state index contributed by atoms with van der Waals surface area (Å²) >= 11 is 0. The van der Waals surface area contributed by atoms with Crippen LogP contribution in [0.3, 0.4) is 0 Å². The SMILES string of the molecule is NCC(F)(F)[C@H](O)[C@@H](N)CC1CCCCC1. The Balaban J connectivity index is 2.41. The van der Waals surface area contributed by atoms with Gasteiger partial charge in [0.15, 0.2) is 0 Å². The van der Waals surface area contributed by atoms with Crippen molar-refractivity contribution in [1.82, 2.24) is 0 Å². The van der Waals surface area contributed by atoms with Gasteiger partial charge in [-0.1, -0.05) is 32.1 Å². The summed E-state index contributed by atoms with van der Waals surface area (Å²) in [5, 5.41) is 9.42. The quantitative estimate of drug-likeness (QED) is 0.672. The van der Waals surface area contributed by atoms with Gasteiger partial charge < -0.3 is 16.6 Å². The molecule has 0 saturated heterocycles. The summed E-state index contributed by atoms with van der Waals surface area (Å²) in [6.45, 7) is -0.855. The molecule has 0 aromatic rings. The minimum Gasteiger partial charge on any atom is -0.385 e. The van der Waals surface area contributed by atoms with E-state index >= 15 is 0 Å². The van der Waals surface area contributed by atoms with Crippen molar-refractivity contribution in [1.29, 1.82) is 0 Å². The van der Waals surface area contributed by atoms with Crippen molar-refractivity contribution in [2.75, 3.05) is 6.54 Å². The van der Waals surface area contributed by atoms with E-state index in [1.165, 1.54) is 6.42 Å². The molecule has 5 heteroatoms. The molecule has 0 aliphatic heterocycles. The Morgan fingerprint density at radius 3 is 2.31 bits per heavy atom. The van der Waals surface area contributed by atoms with Crippen LogP contribution in [0.2, 0.25) is 0 Å². The number of alkyl halides is 2. The minimum absolute atomic E-state index is 0.381. The smallest absolute Gasteiger partial charge is 0.286 e. The van der Waals surface area contributed by atoms with Gasteiger partial charge in [-0.2, -0.15) is 0 Å². The van der Waals surface area contributed by atoms with E-state index in [0.717, 1.165) is 25.7 Å². The maximum atomic E-state index is 13.1. The van der Waals surface area contributed by atoms with Crippen molar-refractivity contribution in [2.24, 2.45) is 17.4 Å². The first-order chi connectivity index (χ1) is 7.47. The van der Waals surface area contributed by atoms with Crippen LogP contribution >= 0.6 is 0 Å². The Morgan fingerprint density at radius 1 is 1.25 bits per heavy atom. The topological polar surface area (TPSA) is 72.3 Å². The number of hydrogen-bond donors (Lipinski definition) is 3. The number of aliphatic hydroxyl groups is 1. The molecular weight excluding hydrogens is 214 g/mol. The second kappa shape index (κ2) is 5.89. The second-order valence-corrected chi connectivity index (χ2v) is 4.81. The summed E-state index contributed by atoms with van der Waals surface area (Å²) in [5.74, 6) is -2.89. The third kappa shape index (κ3) is 3.64. The highest BCUT2D eigenvalue weighted by Gasteiger charge is 2.41. The lowest BCUT2D eigenvalue weighted by atomic mass is 9.83. The van der Waals surface area contributed by atoms with Crippen molar-refractivity contribution in [2.45, 2.75) is 56.6 Å². The molecule has 0 amide bonds. The van der Waals surface area contributed by atoms with Crippen LogP contribution in [0.5, 0.6) is 0 Å². The summed E-state index contributed by atoms with van der Waals surface area (Å²) in [5.41, 5.74) is 10.5. The maximum absolute atomic E-state index is 13.1. The Labute approximate surface area is 95.2 Å². The second-order valence-electron chi connectivity index (χ2n) is 4.81. The van der Waals surface area contributed by atoms with Crippen LogP contribution in [0.4, 0.5) is 8.78 Å². The molecule has 0 bridgehead atoms. The van der Waals surface area contributed by atoms with Gasteiger partial charge >= 0.3 is 0 Å². The van der Waals surface area contributed by atoms with Crippen molar-refractivity contribution >= 4 is 0 Å². The third-order valence-corrected chi connectivity index (χ3v) is 3.44. The predicted molar refractivity (Wildman–Crippen MR) is 59.2 cm³/mol. The standard InChI is InChI=1S/C11H22F2N2O/c12-11(13,7-14)10(16)9(15)6-8-4-2-1-3-5-8/h8-10,16H,1-7,14-15H2/t9-,10+/m0/s1. The molecule has 1 aliphatic carbocycles. The van der Waals surface area contributed by atoms with Crippen LogP contribution in [-0.4, -0.2) is 29.7 Å². The molecule has 5 N–H and O–H groups in total. The summed E-state index contributed by atoms with van der Waals surface area (Å²) < 4.78 is 26.2. The molecule has 0 spiro atoms. The fourth-order valence-electron chi connectivity index (χ4n) is 2.37. The highest BCUT2D eigenvalue weighted by molar-refractivity contribution is 4.87. The van der Waals surface area contributed by atoms with Gasteiger partial charge in [-0.05, 0) is 12.3 Å². The van der Waals surface area contributed by atoms with E-state index in [9.17, 15) is 13.9 Å². The van der Waals surface area contributed by atoms with E-state index in [4.69, 9.17) is 11.5 Å². The molecule has 1 fully saturated rings. The maximum Gasteiger partial charge on any atom is 0.286 e. The number of hydrogen-bond acceptors (Lipinski definition) is 3. The molecule has 0 heterocycles. The number of rotatable bonds is 5. The van der Waals surface area contributed by atoms with Gasteiger partial charge in [-0.3, -0.25) is 0 Å². The van der Waals surface area contributed by atoms with Gasteiger partial charge in [0.2, 0.25) is 0 Å². The molecule has 1 aliphatic rings. The minimum atomic E-state index is -3.27. The van der Waals surface area contributed by atoms with Gasteiger partial charge in [0, 0.05) is 6.04 Å². The Hall–Kier alpha value is -0.260. The number of aliphatic hydroxyl groups excluding tert-OH is 1. The molecule has 96 valence electrons. The van der Waals surface area contributed by atoms with Gasteiger partial charge in [0.05, 0.1) is 6.54 Å². The predicted octanol–water partition coefficient (Wildman–Crippen LogP) is 1.24. The van der Waals surface area contributed by atoms with Crippen LogP contribution in [0, 0.1) is 5.92 Å². The zero-order chi connectivity index (χ0) is 12.2. The number of nitrogens with two attached hydrogens (primary N) is 2. The van der Waals surface area contributed by atoms with E-state index in [-0.39, 0.29) is 0 Å². The van der Waals surface area contributed by atoms with E-state index in [0.29, 0.717) is 12.3 Å². The van der Waals surface area contributed by atoms with E-state index in [1.54, 1.807) is 0 Å². The normalized spacial score (nSPS) is 23.1. The highest BCUT2D eigenvalue weighted by atomic mass is 19.3. The lowest BCUT2D eigenvalue weighted by Crippen LogP contribution is -2.51. The zero-order valence-electron chi connectivity index (χ0n) is 9.54. The Kier molecular flexibility index (Phi) is 5.08. The molecule has 2 atom stereocenters. The first kappa shape index (κ1) is 13.8. The number of halogens is 2. The molecule has 1 rings (SSSR count). The van der Waals surface area contributed by atoms with E-state index in [2.05, 4.69) is 0 Å². The lowest BCUT2D eigenvalue weighted by molar-refractivity contribution is -0.112. The van der Waals surface area contributed by atoms with E-state index < -0.39 is 24.6 Å². The average Bonchev–Trinajstić information content (AvgIpc) is 2.29. The summed E-state index contributed by atoms with van der Waals surface area (Å²) in [6, 6.07) is -0.873. The van der Waals surface area contributed by atoms with Crippen LogP contribution in [0.25, 0.3) is 0 Å². The molecule has 0 radical (unpaired) electrons. The molecule has 0 aromatic heterocycles. The Bertz CT molecular complexity index is 208. The molecule has 16 heavy (non-hydrogen) atoms. The van der Waals surface area contributed by atoms with Crippen molar-refractivity contribution in [3.63, 3.8) is 0 Å². The first-order valence-corrected chi connectivity index (χ1v) is 5.99. The van der Waals surface area contributed by atoms with Crippen LogP contribution in [-0.2, 0) is 0 Å². The summed E-state index contributed by atoms with van der Waals surface area (Å²) in [7, 11) is 0. The average molecular weight is 236 g/mol. The molecule has 0 unspecified atom stereocenters. The van der Waals surface area contributed by atoms with Crippen LogP contribution in [0.15, 0.2) is 0 Å². The van der Waals surface area contributed by atoms with Crippen molar-refractivity contribution < 1.29 is 13.9 Å².